The topological polar surface area (TPSA) is 68.5 Å². The molecule has 1 aliphatic heterocycles. The van der Waals surface area contributed by atoms with Gasteiger partial charge in [-0.05, 0) is 54.8 Å². The average Bonchev–Trinajstić information content (AvgIpc) is 3.27. The number of fused-ring (bicyclic) bond motifs is 3. The average molecular weight is 444 g/mol. The van der Waals surface area contributed by atoms with E-state index in [4.69, 9.17) is 16.3 Å². The maximum atomic E-state index is 14.6. The lowest BCUT2D eigenvalue weighted by atomic mass is 9.89. The van der Waals surface area contributed by atoms with Crippen LogP contribution in [0.2, 0.25) is 5.02 Å². The van der Waals surface area contributed by atoms with Crippen LogP contribution in [-0.4, -0.2) is 28.5 Å². The van der Waals surface area contributed by atoms with E-state index in [1.165, 1.54) is 12.1 Å². The first-order valence-corrected chi connectivity index (χ1v) is 10.6. The summed E-state index contributed by atoms with van der Waals surface area (Å²) in [5.74, 6) is -1.89. The van der Waals surface area contributed by atoms with Gasteiger partial charge >= 0.3 is 5.97 Å². The highest BCUT2D eigenvalue weighted by molar-refractivity contribution is 6.30. The highest BCUT2D eigenvalue weighted by Gasteiger charge is 2.35. The van der Waals surface area contributed by atoms with Crippen molar-refractivity contribution in [2.24, 2.45) is 0 Å². The van der Waals surface area contributed by atoms with E-state index in [1.807, 2.05) is 11.5 Å². The van der Waals surface area contributed by atoms with E-state index in [0.29, 0.717) is 57.7 Å². The summed E-state index contributed by atoms with van der Waals surface area (Å²) in [5, 5.41) is 10.6. The highest BCUT2D eigenvalue weighted by Crippen LogP contribution is 2.44. The molecule has 0 aliphatic carbocycles. The van der Waals surface area contributed by atoms with Gasteiger partial charge in [-0.3, -0.25) is 9.59 Å². The first kappa shape index (κ1) is 21.5. The summed E-state index contributed by atoms with van der Waals surface area (Å²) < 4.78 is 22.1. The fraction of sp³-hybridized carbons (Fsp3) is 0.333. The van der Waals surface area contributed by atoms with Crippen molar-refractivity contribution < 1.29 is 23.8 Å². The number of aliphatic carboxylic acids is 1. The number of nitrogens with zero attached hydrogens (tertiary/aromatic N) is 1. The lowest BCUT2D eigenvalue weighted by Crippen LogP contribution is -2.11. The van der Waals surface area contributed by atoms with Crippen molar-refractivity contribution in [2.45, 2.75) is 44.8 Å². The van der Waals surface area contributed by atoms with Gasteiger partial charge in [-0.1, -0.05) is 18.5 Å². The lowest BCUT2D eigenvalue weighted by Gasteiger charge is -2.17. The molecule has 1 aromatic heterocycles. The van der Waals surface area contributed by atoms with Crippen molar-refractivity contribution >= 4 is 34.3 Å². The quantitative estimate of drug-likeness (QED) is 0.474. The summed E-state index contributed by atoms with van der Waals surface area (Å²) >= 11 is 5.99. The summed E-state index contributed by atoms with van der Waals surface area (Å²) in [6.07, 6.45) is 0.710. The van der Waals surface area contributed by atoms with Gasteiger partial charge in [0.25, 0.3) is 0 Å². The summed E-state index contributed by atoms with van der Waals surface area (Å²) in [5.41, 5.74) is 2.75. The highest BCUT2D eigenvalue weighted by atomic mass is 35.5. The standard InChI is InChI=1S/C24H23ClFNO4/c1-3-19(31-2)17-11-16(26)12-18-21(17)22(24(30)13-4-6-15(25)7-5-13)23-14(10-20(28)29)8-9-27(18)23/h4-7,11-12,14,19H,3,8-10H2,1-2H3,(H,28,29). The van der Waals surface area contributed by atoms with Crippen molar-refractivity contribution in [1.82, 2.24) is 4.57 Å². The molecule has 0 bridgehead atoms. The molecule has 0 amide bonds. The third kappa shape index (κ3) is 3.75. The van der Waals surface area contributed by atoms with E-state index in [1.54, 1.807) is 31.4 Å². The van der Waals surface area contributed by atoms with E-state index >= 15 is 0 Å². The van der Waals surface area contributed by atoms with Crippen LogP contribution >= 0.6 is 11.6 Å². The third-order valence-corrected chi connectivity index (χ3v) is 6.30. The first-order valence-electron chi connectivity index (χ1n) is 10.3. The molecule has 0 spiro atoms. The van der Waals surface area contributed by atoms with Crippen LogP contribution in [0.1, 0.15) is 65.4 Å². The molecule has 2 atom stereocenters. The Labute approximate surface area is 184 Å². The number of aryl methyl sites for hydroxylation is 1. The van der Waals surface area contributed by atoms with Crippen molar-refractivity contribution in [3.8, 4) is 0 Å². The summed E-state index contributed by atoms with van der Waals surface area (Å²) in [6, 6.07) is 9.43. The fourth-order valence-corrected chi connectivity index (χ4v) is 4.86. The number of carbonyl (C=O) groups is 2. The molecule has 2 aromatic carbocycles. The van der Waals surface area contributed by atoms with Crippen LogP contribution in [0.3, 0.4) is 0 Å². The van der Waals surface area contributed by atoms with Crippen LogP contribution in [0.25, 0.3) is 10.9 Å². The minimum absolute atomic E-state index is 0.0868. The van der Waals surface area contributed by atoms with Gasteiger partial charge in [0.15, 0.2) is 5.78 Å². The SMILES string of the molecule is CCC(OC)c1cc(F)cc2c1c(C(=O)c1ccc(Cl)cc1)c1n2CCC1CC(=O)O. The van der Waals surface area contributed by atoms with Gasteiger partial charge in [0.1, 0.15) is 5.82 Å². The summed E-state index contributed by atoms with van der Waals surface area (Å²) in [7, 11) is 1.56. The largest absolute Gasteiger partial charge is 0.481 e. The molecular weight excluding hydrogens is 421 g/mol. The Balaban J connectivity index is 2.04. The predicted molar refractivity (Wildman–Crippen MR) is 116 cm³/mol. The number of ether oxygens (including phenoxy) is 1. The van der Waals surface area contributed by atoms with Gasteiger partial charge in [-0.25, -0.2) is 4.39 Å². The second-order valence-corrected chi connectivity index (χ2v) is 8.29. The molecule has 0 saturated heterocycles. The van der Waals surface area contributed by atoms with E-state index in [9.17, 15) is 19.1 Å². The molecule has 5 nitrogen and oxygen atoms in total. The molecule has 2 unspecified atom stereocenters. The Kier molecular flexibility index (Phi) is 5.86. The molecule has 0 radical (unpaired) electrons. The Bertz CT molecular complexity index is 1160. The minimum atomic E-state index is -0.927. The van der Waals surface area contributed by atoms with Gasteiger partial charge in [0, 0.05) is 41.2 Å². The molecule has 2 heterocycles. The molecule has 1 N–H and O–H groups in total. The van der Waals surface area contributed by atoms with Gasteiger partial charge in [0.2, 0.25) is 0 Å². The third-order valence-electron chi connectivity index (χ3n) is 6.05. The van der Waals surface area contributed by atoms with Crippen molar-refractivity contribution in [2.75, 3.05) is 7.11 Å². The fourth-order valence-electron chi connectivity index (χ4n) is 4.73. The maximum Gasteiger partial charge on any atom is 0.304 e. The summed E-state index contributed by atoms with van der Waals surface area (Å²) in [6.45, 7) is 2.47. The molecule has 7 heteroatoms. The van der Waals surface area contributed by atoms with Gasteiger partial charge in [-0.15, -0.1) is 0 Å². The van der Waals surface area contributed by atoms with Crippen molar-refractivity contribution in [3.05, 3.63) is 69.6 Å². The number of ketones is 1. The lowest BCUT2D eigenvalue weighted by molar-refractivity contribution is -0.137. The zero-order chi connectivity index (χ0) is 22.3. The van der Waals surface area contributed by atoms with Gasteiger partial charge in [-0.2, -0.15) is 0 Å². The Morgan fingerprint density at radius 1 is 1.29 bits per heavy atom. The van der Waals surface area contributed by atoms with E-state index < -0.39 is 17.9 Å². The number of carbonyl (C=O) groups excluding carboxylic acids is 1. The molecule has 31 heavy (non-hydrogen) atoms. The number of hydrogen-bond donors (Lipinski definition) is 1. The monoisotopic (exact) mass is 443 g/mol. The smallest absolute Gasteiger partial charge is 0.304 e. The normalized spacial score (nSPS) is 16.5. The Morgan fingerprint density at radius 2 is 2.00 bits per heavy atom. The van der Waals surface area contributed by atoms with E-state index in [-0.39, 0.29) is 18.1 Å². The molecule has 162 valence electrons. The molecule has 1 aliphatic rings. The van der Waals surface area contributed by atoms with Gasteiger partial charge in [0.05, 0.1) is 23.6 Å². The van der Waals surface area contributed by atoms with E-state index in [0.717, 1.165) is 0 Å². The van der Waals surface area contributed by atoms with Crippen molar-refractivity contribution in [1.29, 1.82) is 0 Å². The number of carboxylic acid groups (broad SMARTS) is 1. The minimum Gasteiger partial charge on any atom is -0.481 e. The molecule has 0 saturated carbocycles. The van der Waals surface area contributed by atoms with Crippen LogP contribution in [0.5, 0.6) is 0 Å². The molecule has 0 fully saturated rings. The molecule has 3 aromatic rings. The van der Waals surface area contributed by atoms with Crippen LogP contribution in [0, 0.1) is 5.82 Å². The predicted octanol–water partition coefficient (Wildman–Crippen LogP) is 5.72. The van der Waals surface area contributed by atoms with E-state index in [2.05, 4.69) is 0 Å². The number of carboxylic acids is 1. The first-order chi connectivity index (χ1) is 14.8. The summed E-state index contributed by atoms with van der Waals surface area (Å²) in [4.78, 5) is 25.2. The zero-order valence-corrected chi connectivity index (χ0v) is 18.1. The maximum absolute atomic E-state index is 14.6. The number of halogens is 2. The molecule has 4 rings (SSSR count). The number of benzene rings is 2. The number of methoxy groups -OCH3 is 1. The molecular formula is C24H23ClFNO4. The van der Waals surface area contributed by atoms with Crippen LogP contribution < -0.4 is 0 Å². The zero-order valence-electron chi connectivity index (χ0n) is 17.3. The second-order valence-electron chi connectivity index (χ2n) is 7.85. The van der Waals surface area contributed by atoms with Crippen LogP contribution in [-0.2, 0) is 16.1 Å². The van der Waals surface area contributed by atoms with Crippen LogP contribution in [0.4, 0.5) is 4.39 Å². The second kappa shape index (κ2) is 8.44. The number of hydrogen-bond acceptors (Lipinski definition) is 3. The van der Waals surface area contributed by atoms with Crippen molar-refractivity contribution in [3.63, 3.8) is 0 Å². The Hall–Kier alpha value is -2.70. The Morgan fingerprint density at radius 3 is 2.61 bits per heavy atom. The number of aromatic nitrogens is 1. The number of rotatable bonds is 7. The van der Waals surface area contributed by atoms with Crippen LogP contribution in [0.15, 0.2) is 36.4 Å². The van der Waals surface area contributed by atoms with Gasteiger partial charge < -0.3 is 14.4 Å².